The number of benzene rings is 3. The number of nitrogens with zero attached hydrogens (tertiary/aromatic N) is 3. The number of ether oxygens (including phenoxy) is 1. The minimum absolute atomic E-state index is 0.205. The van der Waals surface area contributed by atoms with Crippen molar-refractivity contribution in [3.05, 3.63) is 101 Å². The third-order valence-corrected chi connectivity index (χ3v) is 9.80. The van der Waals surface area contributed by atoms with Crippen molar-refractivity contribution in [1.82, 2.24) is 14.9 Å². The second kappa shape index (κ2) is 11.6. The largest absolute Gasteiger partial charge is 0.487 e. The van der Waals surface area contributed by atoms with E-state index in [-0.39, 0.29) is 12.4 Å². The topological polar surface area (TPSA) is 80.5 Å². The average Bonchev–Trinajstić information content (AvgIpc) is 3.42. The van der Waals surface area contributed by atoms with Crippen molar-refractivity contribution in [1.29, 1.82) is 0 Å². The fourth-order valence-electron chi connectivity index (χ4n) is 4.86. The van der Waals surface area contributed by atoms with Gasteiger partial charge in [-0.05, 0) is 72.9 Å². The Morgan fingerprint density at radius 3 is 2.71 bits per heavy atom. The van der Waals surface area contributed by atoms with Gasteiger partial charge in [0.05, 0.1) is 24.2 Å². The number of anilines is 2. The molecule has 1 aliphatic heterocycles. The lowest BCUT2D eigenvalue weighted by molar-refractivity contribution is 0.263. The van der Waals surface area contributed by atoms with Gasteiger partial charge in [0.15, 0.2) is 0 Å². The van der Waals surface area contributed by atoms with Gasteiger partial charge in [-0.3, -0.25) is 4.90 Å². The van der Waals surface area contributed by atoms with Crippen LogP contribution in [0.15, 0.2) is 83.5 Å². The summed E-state index contributed by atoms with van der Waals surface area (Å²) in [6.07, 6.45) is 3.04. The van der Waals surface area contributed by atoms with Crippen LogP contribution in [0.3, 0.4) is 0 Å². The molecule has 1 saturated heterocycles. The summed E-state index contributed by atoms with van der Waals surface area (Å²) in [6, 6.07) is 21.6. The van der Waals surface area contributed by atoms with Crippen LogP contribution in [0.1, 0.15) is 11.3 Å². The van der Waals surface area contributed by atoms with Crippen molar-refractivity contribution in [3.63, 3.8) is 0 Å². The third kappa shape index (κ3) is 6.62. The molecule has 0 spiro atoms. The van der Waals surface area contributed by atoms with Crippen LogP contribution < -0.4 is 10.1 Å². The molecule has 1 fully saturated rings. The van der Waals surface area contributed by atoms with Gasteiger partial charge >= 0.3 is 0 Å². The van der Waals surface area contributed by atoms with E-state index < -0.39 is 7.14 Å². The number of aromatic nitrogens is 2. The molecule has 10 heteroatoms. The Bertz CT molecular complexity index is 1750. The van der Waals surface area contributed by atoms with E-state index >= 15 is 0 Å². The highest BCUT2D eigenvalue weighted by atomic mass is 35.5. The number of hydrogen-bond donors (Lipinski definition) is 1. The molecule has 0 amide bonds. The number of fused-ring (bicyclic) bond motifs is 1. The zero-order valence-electron chi connectivity index (χ0n) is 22.5. The first-order valence-electron chi connectivity index (χ1n) is 13.4. The van der Waals surface area contributed by atoms with Crippen LogP contribution in [0, 0.1) is 5.82 Å². The van der Waals surface area contributed by atoms with Crippen LogP contribution in [-0.2, 0) is 17.7 Å². The van der Waals surface area contributed by atoms with E-state index in [2.05, 4.69) is 20.2 Å². The molecule has 3 heterocycles. The highest BCUT2D eigenvalue weighted by molar-refractivity contribution is 7.63. The summed E-state index contributed by atoms with van der Waals surface area (Å²) in [4.78, 5) is 11.2. The Hall–Kier alpha value is -3.71. The van der Waals surface area contributed by atoms with Gasteiger partial charge < -0.3 is 19.0 Å². The van der Waals surface area contributed by atoms with E-state index in [1.807, 2.05) is 43.1 Å². The standard InChI is InChI=1S/C31H29ClFN4O3P/c1-41(38)13-11-37(12-14-41)18-25-7-10-29(40-25)22-5-8-28-26(16-22)31(35-20-34-28)36-24-6-9-30(27(32)17-24)39-19-21-3-2-4-23(33)15-21/h2-10,15-17,20H,11-14,18-19H2,1H3,(H,34,35,36). The Kier molecular flexibility index (Phi) is 7.80. The third-order valence-electron chi connectivity index (χ3n) is 7.22. The molecule has 210 valence electrons. The normalized spacial score (nSPS) is 15.2. The SMILES string of the molecule is CP1(=O)CCN(Cc2ccc(-c3ccc4ncnc(Nc5ccc(OCc6cccc(F)c6)c(Cl)c5)c4c3)o2)CC1. The minimum atomic E-state index is -1.96. The molecule has 6 rings (SSSR count). The molecule has 5 aromatic rings. The van der Waals surface area contributed by atoms with E-state index in [4.69, 9.17) is 20.8 Å². The van der Waals surface area contributed by atoms with Crippen molar-refractivity contribution in [2.24, 2.45) is 0 Å². The monoisotopic (exact) mass is 590 g/mol. The molecule has 0 saturated carbocycles. The molecule has 2 aromatic heterocycles. The second-order valence-electron chi connectivity index (χ2n) is 10.4. The molecule has 41 heavy (non-hydrogen) atoms. The van der Waals surface area contributed by atoms with Crippen molar-refractivity contribution >= 4 is 41.2 Å². The summed E-state index contributed by atoms with van der Waals surface area (Å²) < 4.78 is 37.8. The van der Waals surface area contributed by atoms with Gasteiger partial charge in [-0.2, -0.15) is 0 Å². The van der Waals surface area contributed by atoms with E-state index in [9.17, 15) is 8.96 Å². The molecule has 0 atom stereocenters. The number of furan rings is 1. The van der Waals surface area contributed by atoms with Crippen LogP contribution in [0.2, 0.25) is 5.02 Å². The lowest BCUT2D eigenvalue weighted by Gasteiger charge is -2.29. The second-order valence-corrected chi connectivity index (χ2v) is 14.3. The van der Waals surface area contributed by atoms with Crippen molar-refractivity contribution < 1.29 is 18.1 Å². The van der Waals surface area contributed by atoms with Crippen molar-refractivity contribution in [2.75, 3.05) is 37.4 Å². The summed E-state index contributed by atoms with van der Waals surface area (Å²) in [5.74, 6) is 2.46. The van der Waals surface area contributed by atoms with E-state index in [0.29, 0.717) is 23.1 Å². The fraction of sp³-hybridized carbons (Fsp3) is 0.226. The predicted octanol–water partition coefficient (Wildman–Crippen LogP) is 7.81. The first kappa shape index (κ1) is 27.5. The maximum absolute atomic E-state index is 13.5. The minimum Gasteiger partial charge on any atom is -0.487 e. The Morgan fingerprint density at radius 1 is 1.05 bits per heavy atom. The van der Waals surface area contributed by atoms with Gasteiger partial charge in [0.2, 0.25) is 0 Å². The predicted molar refractivity (Wildman–Crippen MR) is 161 cm³/mol. The molecule has 0 radical (unpaired) electrons. The Balaban J connectivity index is 1.17. The van der Waals surface area contributed by atoms with Gasteiger partial charge in [-0.25, -0.2) is 14.4 Å². The lowest BCUT2D eigenvalue weighted by atomic mass is 10.1. The van der Waals surface area contributed by atoms with Gasteiger partial charge in [0.25, 0.3) is 0 Å². The molecular weight excluding hydrogens is 562 g/mol. The molecule has 7 nitrogen and oxygen atoms in total. The number of nitrogens with one attached hydrogen (secondary N) is 1. The van der Waals surface area contributed by atoms with E-state index in [1.54, 1.807) is 24.3 Å². The van der Waals surface area contributed by atoms with E-state index in [0.717, 1.165) is 64.7 Å². The molecule has 3 aromatic carbocycles. The maximum Gasteiger partial charge on any atom is 0.141 e. The highest BCUT2D eigenvalue weighted by Gasteiger charge is 2.24. The smallest absolute Gasteiger partial charge is 0.141 e. The summed E-state index contributed by atoms with van der Waals surface area (Å²) in [7, 11) is -1.96. The Labute approximate surface area is 242 Å². The molecule has 0 unspecified atom stereocenters. The van der Waals surface area contributed by atoms with Crippen LogP contribution in [-0.4, -0.2) is 46.9 Å². The zero-order valence-corrected chi connectivity index (χ0v) is 24.2. The summed E-state index contributed by atoms with van der Waals surface area (Å²) in [6.45, 7) is 4.47. The molecule has 0 bridgehead atoms. The van der Waals surface area contributed by atoms with Crippen LogP contribution >= 0.6 is 18.7 Å². The number of hydrogen-bond acceptors (Lipinski definition) is 7. The zero-order chi connectivity index (χ0) is 28.4. The highest BCUT2D eigenvalue weighted by Crippen LogP contribution is 2.43. The van der Waals surface area contributed by atoms with Gasteiger partial charge in [-0.15, -0.1) is 0 Å². The molecule has 1 aliphatic rings. The van der Waals surface area contributed by atoms with Crippen molar-refractivity contribution in [2.45, 2.75) is 13.2 Å². The van der Waals surface area contributed by atoms with Gasteiger partial charge in [0.1, 0.15) is 41.8 Å². The van der Waals surface area contributed by atoms with Gasteiger partial charge in [-0.1, -0.05) is 23.7 Å². The number of rotatable bonds is 8. The first-order valence-corrected chi connectivity index (χ1v) is 16.3. The molecule has 0 aliphatic carbocycles. The van der Waals surface area contributed by atoms with Gasteiger partial charge in [0, 0.05) is 42.1 Å². The fourth-order valence-corrected chi connectivity index (χ4v) is 6.73. The molecular formula is C31H29ClFN4O3P. The average molecular weight is 591 g/mol. The van der Waals surface area contributed by atoms with Crippen LogP contribution in [0.25, 0.3) is 22.2 Å². The summed E-state index contributed by atoms with van der Waals surface area (Å²) in [5.41, 5.74) is 3.15. The number of halogens is 2. The maximum atomic E-state index is 13.5. The quantitative estimate of drug-likeness (QED) is 0.185. The van der Waals surface area contributed by atoms with Crippen molar-refractivity contribution in [3.8, 4) is 17.1 Å². The Morgan fingerprint density at radius 2 is 1.90 bits per heavy atom. The first-order chi connectivity index (χ1) is 19.8. The van der Waals surface area contributed by atoms with Crippen LogP contribution in [0.4, 0.5) is 15.9 Å². The van der Waals surface area contributed by atoms with Crippen LogP contribution in [0.5, 0.6) is 5.75 Å². The summed E-state index contributed by atoms with van der Waals surface area (Å²) in [5, 5.41) is 4.59. The lowest BCUT2D eigenvalue weighted by Crippen LogP contribution is -2.33. The molecule has 1 N–H and O–H groups in total. The summed E-state index contributed by atoms with van der Waals surface area (Å²) >= 11 is 6.50. The van der Waals surface area contributed by atoms with E-state index in [1.165, 1.54) is 18.5 Å².